The van der Waals surface area contributed by atoms with Crippen molar-refractivity contribution in [3.8, 4) is 0 Å². The number of hydrogen-bond donors (Lipinski definition) is 2. The lowest BCUT2D eigenvalue weighted by molar-refractivity contribution is -0.151. The molecular weight excluding hydrogens is 346 g/mol. The normalized spacial score (nSPS) is 10.0. The summed E-state index contributed by atoms with van der Waals surface area (Å²) >= 11 is 0. The Morgan fingerprint density at radius 2 is 1.65 bits per heavy atom. The topological polar surface area (TPSA) is 128 Å². The Balaban J connectivity index is 1.95. The molecule has 0 radical (unpaired) electrons. The zero-order valence-electron chi connectivity index (χ0n) is 14.1. The number of esters is 1. The molecular formula is C17H21NO8. The van der Waals surface area contributed by atoms with Gasteiger partial charge in [-0.3, -0.25) is 9.59 Å². The van der Waals surface area contributed by atoms with Crippen LogP contribution in [-0.4, -0.2) is 55.3 Å². The van der Waals surface area contributed by atoms with Gasteiger partial charge in [-0.15, -0.1) is 0 Å². The lowest BCUT2D eigenvalue weighted by Crippen LogP contribution is -2.28. The fourth-order valence-electron chi connectivity index (χ4n) is 1.71. The van der Waals surface area contributed by atoms with Gasteiger partial charge in [-0.05, 0) is 5.56 Å². The number of carboxylic acid groups (broad SMARTS) is 1. The third-order valence-corrected chi connectivity index (χ3v) is 3.01. The highest BCUT2D eigenvalue weighted by molar-refractivity contribution is 6.32. The number of ether oxygens (including phenoxy) is 3. The highest BCUT2D eigenvalue weighted by atomic mass is 16.6. The molecule has 26 heavy (non-hydrogen) atoms. The van der Waals surface area contributed by atoms with E-state index in [1.807, 2.05) is 30.3 Å². The maximum atomic E-state index is 11.4. The number of Topliss-reactive ketones (excluding diaryl/α,β-unsaturated/α-hetero) is 1. The van der Waals surface area contributed by atoms with Crippen LogP contribution in [0.15, 0.2) is 30.3 Å². The van der Waals surface area contributed by atoms with Crippen LogP contribution in [0.25, 0.3) is 0 Å². The third-order valence-electron chi connectivity index (χ3n) is 3.01. The Morgan fingerprint density at radius 1 is 0.923 bits per heavy atom. The lowest BCUT2D eigenvalue weighted by Gasteiger charge is -2.08. The van der Waals surface area contributed by atoms with Crippen LogP contribution in [0.1, 0.15) is 18.4 Å². The molecule has 1 aromatic rings. The number of alkyl carbamates (subject to hydrolysis) is 1. The predicted molar refractivity (Wildman–Crippen MR) is 88.3 cm³/mol. The van der Waals surface area contributed by atoms with Gasteiger partial charge in [-0.1, -0.05) is 30.3 Å². The maximum Gasteiger partial charge on any atom is 0.407 e. The first-order chi connectivity index (χ1) is 12.5. The van der Waals surface area contributed by atoms with Crippen LogP contribution in [0.3, 0.4) is 0 Å². The molecule has 1 amide bonds. The van der Waals surface area contributed by atoms with E-state index in [0.717, 1.165) is 5.56 Å². The molecule has 0 bridgehead atoms. The Morgan fingerprint density at radius 3 is 2.35 bits per heavy atom. The van der Waals surface area contributed by atoms with Crippen molar-refractivity contribution in [2.45, 2.75) is 19.4 Å². The van der Waals surface area contributed by atoms with E-state index in [2.05, 4.69) is 5.32 Å². The van der Waals surface area contributed by atoms with Gasteiger partial charge in [0.05, 0.1) is 19.6 Å². The van der Waals surface area contributed by atoms with Crippen LogP contribution in [0, 0.1) is 0 Å². The molecule has 0 atom stereocenters. The zero-order chi connectivity index (χ0) is 19.2. The highest BCUT2D eigenvalue weighted by Crippen LogP contribution is 2.00. The Kier molecular flexibility index (Phi) is 10.1. The van der Waals surface area contributed by atoms with E-state index >= 15 is 0 Å². The first kappa shape index (κ1) is 21.1. The molecule has 2 N–H and O–H groups in total. The molecule has 0 aliphatic rings. The van der Waals surface area contributed by atoms with Crippen LogP contribution in [-0.2, 0) is 35.2 Å². The summed E-state index contributed by atoms with van der Waals surface area (Å²) in [7, 11) is 0. The van der Waals surface area contributed by atoms with Gasteiger partial charge in [-0.2, -0.15) is 0 Å². The zero-order valence-corrected chi connectivity index (χ0v) is 14.1. The van der Waals surface area contributed by atoms with Crippen LogP contribution < -0.4 is 5.32 Å². The molecule has 0 unspecified atom stereocenters. The van der Waals surface area contributed by atoms with E-state index in [-0.39, 0.29) is 39.4 Å². The van der Waals surface area contributed by atoms with Gasteiger partial charge in [0.2, 0.25) is 5.78 Å². The van der Waals surface area contributed by atoms with Crippen LogP contribution in [0.4, 0.5) is 4.79 Å². The Labute approximate surface area is 150 Å². The van der Waals surface area contributed by atoms with Crippen molar-refractivity contribution >= 4 is 23.8 Å². The lowest BCUT2D eigenvalue weighted by atomic mass is 10.2. The van der Waals surface area contributed by atoms with Gasteiger partial charge >= 0.3 is 18.0 Å². The summed E-state index contributed by atoms with van der Waals surface area (Å²) in [4.78, 5) is 43.8. The summed E-state index contributed by atoms with van der Waals surface area (Å²) in [5.74, 6) is -3.29. The fraction of sp³-hybridized carbons (Fsp3) is 0.412. The Bertz CT molecular complexity index is 602. The summed E-state index contributed by atoms with van der Waals surface area (Å²) in [5.41, 5.74) is 0.880. The summed E-state index contributed by atoms with van der Waals surface area (Å²) in [6.45, 7) is 0.690. The number of carboxylic acids is 1. The van der Waals surface area contributed by atoms with Gasteiger partial charge < -0.3 is 24.6 Å². The smallest absolute Gasteiger partial charge is 0.407 e. The van der Waals surface area contributed by atoms with E-state index < -0.39 is 30.2 Å². The standard InChI is InChI=1S/C17H21NO8/c19-14(16(21)22)6-7-15(20)25-11-10-24-9-8-18-17(23)26-12-13-4-2-1-3-5-13/h1-5H,6-12H2,(H,18,23)(H,21,22). The number of carbonyl (C=O) groups is 4. The molecule has 142 valence electrons. The number of ketones is 1. The number of rotatable bonds is 12. The molecule has 1 rings (SSSR count). The van der Waals surface area contributed by atoms with Crippen LogP contribution in [0.2, 0.25) is 0 Å². The maximum absolute atomic E-state index is 11.4. The molecule has 0 saturated heterocycles. The summed E-state index contributed by atoms with van der Waals surface area (Å²) in [6.07, 6.45) is -1.25. The minimum atomic E-state index is -1.57. The largest absolute Gasteiger partial charge is 0.476 e. The number of aliphatic carboxylic acids is 1. The van der Waals surface area contributed by atoms with E-state index in [1.54, 1.807) is 0 Å². The molecule has 0 spiro atoms. The van der Waals surface area contributed by atoms with E-state index in [9.17, 15) is 19.2 Å². The SMILES string of the molecule is O=C(CCC(=O)C(=O)O)OCCOCCNC(=O)OCc1ccccc1. The predicted octanol–water partition coefficient (Wildman–Crippen LogP) is 0.907. The quantitative estimate of drug-likeness (QED) is 0.317. The van der Waals surface area contributed by atoms with Gasteiger partial charge in [0.25, 0.3) is 0 Å². The van der Waals surface area contributed by atoms with Crippen molar-refractivity contribution < 1.29 is 38.5 Å². The minimum Gasteiger partial charge on any atom is -0.476 e. The molecule has 0 aromatic heterocycles. The summed E-state index contributed by atoms with van der Waals surface area (Å²) in [6, 6.07) is 9.25. The average molecular weight is 367 g/mol. The van der Waals surface area contributed by atoms with Crippen LogP contribution >= 0.6 is 0 Å². The molecule has 0 aliphatic heterocycles. The second-order valence-corrected chi connectivity index (χ2v) is 5.05. The van der Waals surface area contributed by atoms with Crippen molar-refractivity contribution in [3.63, 3.8) is 0 Å². The Hall–Kier alpha value is -2.94. The number of nitrogens with one attached hydrogen (secondary N) is 1. The monoisotopic (exact) mass is 367 g/mol. The highest BCUT2D eigenvalue weighted by Gasteiger charge is 2.14. The first-order valence-electron chi connectivity index (χ1n) is 7.93. The molecule has 0 saturated carbocycles. The van der Waals surface area contributed by atoms with Gasteiger partial charge in [0, 0.05) is 13.0 Å². The number of carbonyl (C=O) groups excluding carboxylic acids is 3. The number of benzene rings is 1. The number of amides is 1. The van der Waals surface area contributed by atoms with Crippen molar-refractivity contribution in [2.75, 3.05) is 26.4 Å². The van der Waals surface area contributed by atoms with E-state index in [4.69, 9.17) is 19.3 Å². The molecule has 0 heterocycles. The van der Waals surface area contributed by atoms with E-state index in [1.165, 1.54) is 0 Å². The number of hydrogen-bond acceptors (Lipinski definition) is 7. The molecule has 0 fully saturated rings. The summed E-state index contributed by atoms with van der Waals surface area (Å²) < 4.78 is 14.9. The van der Waals surface area contributed by atoms with Crippen molar-refractivity contribution in [1.82, 2.24) is 5.32 Å². The van der Waals surface area contributed by atoms with Gasteiger partial charge in [0.1, 0.15) is 13.2 Å². The average Bonchev–Trinajstić information content (AvgIpc) is 2.64. The third kappa shape index (κ3) is 10.0. The molecule has 0 aliphatic carbocycles. The molecule has 9 nitrogen and oxygen atoms in total. The second kappa shape index (κ2) is 12.4. The van der Waals surface area contributed by atoms with Crippen LogP contribution in [0.5, 0.6) is 0 Å². The second-order valence-electron chi connectivity index (χ2n) is 5.05. The van der Waals surface area contributed by atoms with Crippen molar-refractivity contribution in [3.05, 3.63) is 35.9 Å². The molecule has 1 aromatic carbocycles. The van der Waals surface area contributed by atoms with Gasteiger partial charge in [0.15, 0.2) is 0 Å². The van der Waals surface area contributed by atoms with E-state index in [0.29, 0.717) is 0 Å². The molecule has 9 heteroatoms. The van der Waals surface area contributed by atoms with Crippen molar-refractivity contribution in [2.24, 2.45) is 0 Å². The van der Waals surface area contributed by atoms with Gasteiger partial charge in [-0.25, -0.2) is 9.59 Å². The van der Waals surface area contributed by atoms with Crippen molar-refractivity contribution in [1.29, 1.82) is 0 Å². The minimum absolute atomic E-state index is 0.0292. The first-order valence-corrected chi connectivity index (χ1v) is 7.93. The summed E-state index contributed by atoms with van der Waals surface area (Å²) in [5, 5.41) is 10.9. The fourth-order valence-corrected chi connectivity index (χ4v) is 1.71.